The van der Waals surface area contributed by atoms with Crippen molar-refractivity contribution in [3.05, 3.63) is 66.0 Å². The first-order valence-corrected chi connectivity index (χ1v) is 7.45. The van der Waals surface area contributed by atoms with E-state index in [-0.39, 0.29) is 11.9 Å². The van der Waals surface area contributed by atoms with Crippen LogP contribution in [-0.4, -0.2) is 15.5 Å². The van der Waals surface area contributed by atoms with E-state index in [1.807, 2.05) is 54.0 Å². The van der Waals surface area contributed by atoms with Crippen LogP contribution in [0.25, 0.3) is 11.0 Å². The predicted molar refractivity (Wildman–Crippen MR) is 90.9 cm³/mol. The normalized spacial score (nSPS) is 11.8. The summed E-state index contributed by atoms with van der Waals surface area (Å²) in [6.07, 6.45) is 5.49. The highest BCUT2D eigenvalue weighted by molar-refractivity contribution is 5.94. The smallest absolute Gasteiger partial charge is 0.251 e. The molecule has 0 bridgehead atoms. The van der Waals surface area contributed by atoms with Crippen molar-refractivity contribution in [3.63, 3.8) is 0 Å². The number of para-hydroxylation sites is 2. The number of carbonyl (C=O) groups excluding carboxylic acids is 1. The van der Waals surface area contributed by atoms with E-state index in [4.69, 9.17) is 6.42 Å². The molecule has 0 aliphatic rings. The lowest BCUT2D eigenvalue weighted by atomic mass is 10.2. The summed E-state index contributed by atoms with van der Waals surface area (Å²) < 4.78 is 1.96. The van der Waals surface area contributed by atoms with Crippen molar-refractivity contribution in [1.29, 1.82) is 0 Å². The quantitative estimate of drug-likeness (QED) is 0.753. The maximum absolute atomic E-state index is 12.3. The highest BCUT2D eigenvalue weighted by Gasteiger charge is 2.18. The number of rotatable bonds is 4. The Hall–Kier alpha value is -3.06. The minimum atomic E-state index is -0.247. The Morgan fingerprint density at radius 3 is 2.65 bits per heavy atom. The summed E-state index contributed by atoms with van der Waals surface area (Å²) in [5.41, 5.74) is 2.47. The van der Waals surface area contributed by atoms with E-state index in [1.54, 1.807) is 12.1 Å². The molecular weight excluding hydrogens is 286 g/mol. The van der Waals surface area contributed by atoms with Crippen LogP contribution < -0.4 is 5.32 Å². The number of benzene rings is 2. The Morgan fingerprint density at radius 1 is 1.22 bits per heavy atom. The average Bonchev–Trinajstić information content (AvgIpc) is 2.95. The molecule has 1 amide bonds. The minimum Gasteiger partial charge on any atom is -0.342 e. The van der Waals surface area contributed by atoms with Gasteiger partial charge in [-0.25, -0.2) is 4.98 Å². The molecule has 1 heterocycles. The Morgan fingerprint density at radius 2 is 1.91 bits per heavy atom. The van der Waals surface area contributed by atoms with Gasteiger partial charge in [-0.05, 0) is 31.2 Å². The van der Waals surface area contributed by atoms with Crippen molar-refractivity contribution in [1.82, 2.24) is 14.9 Å². The van der Waals surface area contributed by atoms with Crippen LogP contribution in [-0.2, 0) is 6.54 Å². The largest absolute Gasteiger partial charge is 0.342 e. The highest BCUT2D eigenvalue weighted by atomic mass is 16.1. The van der Waals surface area contributed by atoms with Gasteiger partial charge in [0.25, 0.3) is 5.91 Å². The third-order valence-corrected chi connectivity index (χ3v) is 3.70. The molecule has 114 valence electrons. The number of nitrogens with one attached hydrogen (secondary N) is 1. The van der Waals surface area contributed by atoms with Gasteiger partial charge in [0.15, 0.2) is 0 Å². The number of carbonyl (C=O) groups is 1. The second kappa shape index (κ2) is 6.37. The third-order valence-electron chi connectivity index (χ3n) is 3.70. The molecule has 0 aliphatic carbocycles. The van der Waals surface area contributed by atoms with Gasteiger partial charge in [0.2, 0.25) is 0 Å². The summed E-state index contributed by atoms with van der Waals surface area (Å²) in [4.78, 5) is 17.0. The van der Waals surface area contributed by atoms with Gasteiger partial charge in [-0.1, -0.05) is 36.3 Å². The second-order valence-corrected chi connectivity index (χ2v) is 5.31. The Balaban J connectivity index is 1.92. The van der Waals surface area contributed by atoms with E-state index >= 15 is 0 Å². The fourth-order valence-electron chi connectivity index (χ4n) is 2.62. The van der Waals surface area contributed by atoms with Crippen LogP contribution in [0.3, 0.4) is 0 Å². The van der Waals surface area contributed by atoms with E-state index in [1.165, 1.54) is 0 Å². The second-order valence-electron chi connectivity index (χ2n) is 5.31. The topological polar surface area (TPSA) is 46.9 Å². The molecule has 2 aromatic carbocycles. The maximum Gasteiger partial charge on any atom is 0.251 e. The number of imidazole rings is 1. The third kappa shape index (κ3) is 2.95. The summed E-state index contributed by atoms with van der Waals surface area (Å²) in [6, 6.07) is 16.7. The van der Waals surface area contributed by atoms with Gasteiger partial charge in [0, 0.05) is 5.56 Å². The minimum absolute atomic E-state index is 0.127. The van der Waals surface area contributed by atoms with Gasteiger partial charge in [0.05, 0.1) is 23.6 Å². The van der Waals surface area contributed by atoms with Gasteiger partial charge >= 0.3 is 0 Å². The maximum atomic E-state index is 12.3. The van der Waals surface area contributed by atoms with Gasteiger partial charge in [-0.2, -0.15) is 0 Å². The lowest BCUT2D eigenvalue weighted by Crippen LogP contribution is -2.28. The molecule has 1 unspecified atom stereocenters. The van der Waals surface area contributed by atoms with Crippen molar-refractivity contribution in [2.24, 2.45) is 0 Å². The molecule has 4 heteroatoms. The van der Waals surface area contributed by atoms with Crippen molar-refractivity contribution in [3.8, 4) is 12.3 Å². The van der Waals surface area contributed by atoms with Crippen molar-refractivity contribution in [2.75, 3.05) is 0 Å². The number of amides is 1. The number of fused-ring (bicyclic) bond motifs is 1. The highest BCUT2D eigenvalue weighted by Crippen LogP contribution is 2.21. The first-order valence-electron chi connectivity index (χ1n) is 7.45. The van der Waals surface area contributed by atoms with Crippen LogP contribution in [0, 0.1) is 12.3 Å². The molecule has 0 saturated heterocycles. The van der Waals surface area contributed by atoms with Gasteiger partial charge < -0.3 is 9.88 Å². The summed E-state index contributed by atoms with van der Waals surface area (Å²) in [7, 11) is 0. The van der Waals surface area contributed by atoms with Crippen LogP contribution in [0.1, 0.15) is 29.1 Å². The van der Waals surface area contributed by atoms with Gasteiger partial charge in [-0.3, -0.25) is 4.79 Å². The summed E-state index contributed by atoms with van der Waals surface area (Å²) in [5, 5.41) is 2.98. The zero-order valence-electron chi connectivity index (χ0n) is 12.9. The zero-order valence-corrected chi connectivity index (χ0v) is 12.9. The number of hydrogen-bond acceptors (Lipinski definition) is 2. The van der Waals surface area contributed by atoms with E-state index in [0.717, 1.165) is 16.9 Å². The molecule has 1 atom stereocenters. The SMILES string of the molecule is C#CCn1c(C(C)NC(=O)c2ccccc2)nc2ccccc21. The Labute approximate surface area is 135 Å². The molecule has 0 spiro atoms. The molecule has 0 radical (unpaired) electrons. The van der Waals surface area contributed by atoms with Crippen LogP contribution >= 0.6 is 0 Å². The fraction of sp³-hybridized carbons (Fsp3) is 0.158. The molecule has 3 rings (SSSR count). The van der Waals surface area contributed by atoms with Crippen molar-refractivity contribution >= 4 is 16.9 Å². The average molecular weight is 303 g/mol. The Bertz CT molecular complexity index is 875. The van der Waals surface area contributed by atoms with Crippen molar-refractivity contribution < 1.29 is 4.79 Å². The molecule has 0 aliphatic heterocycles. The molecule has 23 heavy (non-hydrogen) atoms. The van der Waals surface area contributed by atoms with E-state index < -0.39 is 0 Å². The first kappa shape index (κ1) is 14.9. The number of aromatic nitrogens is 2. The van der Waals surface area contributed by atoms with Crippen LogP contribution in [0.2, 0.25) is 0 Å². The first-order chi connectivity index (χ1) is 11.2. The van der Waals surface area contributed by atoms with Crippen LogP contribution in [0.4, 0.5) is 0 Å². The number of hydrogen-bond donors (Lipinski definition) is 1. The molecule has 3 aromatic rings. The van der Waals surface area contributed by atoms with Gasteiger partial charge in [-0.15, -0.1) is 6.42 Å². The molecule has 0 fully saturated rings. The van der Waals surface area contributed by atoms with E-state index in [2.05, 4.69) is 16.2 Å². The number of terminal acetylenes is 1. The lowest BCUT2D eigenvalue weighted by Gasteiger charge is -2.15. The van der Waals surface area contributed by atoms with Crippen LogP contribution in [0.5, 0.6) is 0 Å². The molecular formula is C19H17N3O. The molecule has 0 saturated carbocycles. The summed E-state index contributed by atoms with van der Waals surface area (Å²) >= 11 is 0. The Kier molecular flexibility index (Phi) is 4.11. The zero-order chi connectivity index (χ0) is 16.2. The standard InChI is InChI=1S/C19H17N3O/c1-3-13-22-17-12-8-7-11-16(17)21-18(22)14(2)20-19(23)15-9-5-4-6-10-15/h1,4-12,14H,13H2,2H3,(H,20,23). The van der Waals surface area contributed by atoms with Crippen molar-refractivity contribution in [2.45, 2.75) is 19.5 Å². The van der Waals surface area contributed by atoms with Crippen LogP contribution in [0.15, 0.2) is 54.6 Å². The van der Waals surface area contributed by atoms with E-state index in [0.29, 0.717) is 12.1 Å². The lowest BCUT2D eigenvalue weighted by molar-refractivity contribution is 0.0938. The monoisotopic (exact) mass is 303 g/mol. The fourth-order valence-corrected chi connectivity index (χ4v) is 2.62. The molecule has 1 N–H and O–H groups in total. The van der Waals surface area contributed by atoms with E-state index in [9.17, 15) is 4.79 Å². The molecule has 4 nitrogen and oxygen atoms in total. The number of nitrogens with zero attached hydrogens (tertiary/aromatic N) is 2. The summed E-state index contributed by atoms with van der Waals surface area (Å²) in [5.74, 6) is 3.28. The van der Waals surface area contributed by atoms with Gasteiger partial charge in [0.1, 0.15) is 5.82 Å². The predicted octanol–water partition coefficient (Wildman–Crippen LogP) is 3.16. The molecule has 1 aromatic heterocycles. The summed E-state index contributed by atoms with van der Waals surface area (Å²) in [6.45, 7) is 2.33.